The second kappa shape index (κ2) is 7.54. The second-order valence-corrected chi connectivity index (χ2v) is 6.92. The number of hydrogen-bond acceptors (Lipinski definition) is 5. The number of methoxy groups -OCH3 is 1. The number of aromatic nitrogens is 1. The van der Waals surface area contributed by atoms with Crippen molar-refractivity contribution in [2.24, 2.45) is 0 Å². The van der Waals surface area contributed by atoms with Gasteiger partial charge in [-0.05, 0) is 67.8 Å². The zero-order valence-electron chi connectivity index (χ0n) is 16.4. The lowest BCUT2D eigenvalue weighted by atomic mass is 9.87. The summed E-state index contributed by atoms with van der Waals surface area (Å²) in [4.78, 5) is 38.6. The Kier molecular flexibility index (Phi) is 4.92. The Morgan fingerprint density at radius 1 is 1.07 bits per heavy atom. The summed E-state index contributed by atoms with van der Waals surface area (Å²) in [7, 11) is 1.56. The number of ketones is 2. The third-order valence-electron chi connectivity index (χ3n) is 5.22. The van der Waals surface area contributed by atoms with Gasteiger partial charge in [-0.15, -0.1) is 0 Å². The summed E-state index contributed by atoms with van der Waals surface area (Å²) in [6, 6.07) is 11.9. The third-order valence-corrected chi connectivity index (χ3v) is 5.22. The fraction of sp³-hybridized carbons (Fsp3) is 0.261. The van der Waals surface area contributed by atoms with Gasteiger partial charge in [0, 0.05) is 23.1 Å². The van der Waals surface area contributed by atoms with Gasteiger partial charge in [0.1, 0.15) is 11.4 Å². The van der Waals surface area contributed by atoms with Gasteiger partial charge in [-0.25, -0.2) is 4.79 Å². The van der Waals surface area contributed by atoms with Gasteiger partial charge in [-0.3, -0.25) is 9.59 Å². The van der Waals surface area contributed by atoms with Crippen molar-refractivity contribution in [3.63, 3.8) is 0 Å². The summed E-state index contributed by atoms with van der Waals surface area (Å²) in [5.41, 5.74) is 2.97. The van der Waals surface area contributed by atoms with Gasteiger partial charge < -0.3 is 13.9 Å². The molecule has 0 atom stereocenters. The number of esters is 1. The van der Waals surface area contributed by atoms with E-state index in [-0.39, 0.29) is 23.9 Å². The van der Waals surface area contributed by atoms with Crippen molar-refractivity contribution < 1.29 is 23.9 Å². The maximum absolute atomic E-state index is 13.5. The van der Waals surface area contributed by atoms with Crippen LogP contribution in [0.15, 0.2) is 42.5 Å². The van der Waals surface area contributed by atoms with Gasteiger partial charge in [0.25, 0.3) is 0 Å². The number of fused-ring (bicyclic) bond motifs is 2. The number of ether oxygens (including phenoxy) is 2. The van der Waals surface area contributed by atoms with Gasteiger partial charge >= 0.3 is 5.97 Å². The van der Waals surface area contributed by atoms with Gasteiger partial charge in [-0.1, -0.05) is 0 Å². The number of carbonyl (C=O) groups excluding carboxylic acids is 3. The maximum Gasteiger partial charge on any atom is 0.355 e. The Labute approximate surface area is 168 Å². The van der Waals surface area contributed by atoms with Crippen molar-refractivity contribution >= 4 is 23.1 Å². The van der Waals surface area contributed by atoms with Crippen LogP contribution in [0.2, 0.25) is 0 Å². The number of nitrogens with zero attached hydrogens (tertiary/aromatic N) is 1. The molecule has 148 valence electrons. The van der Waals surface area contributed by atoms with Crippen LogP contribution in [0.1, 0.15) is 62.2 Å². The molecule has 0 saturated carbocycles. The van der Waals surface area contributed by atoms with E-state index in [0.717, 1.165) is 0 Å². The first-order valence-corrected chi connectivity index (χ1v) is 9.61. The number of carbonyl (C=O) groups is 3. The zero-order chi connectivity index (χ0) is 20.5. The van der Waals surface area contributed by atoms with Crippen LogP contribution in [-0.4, -0.2) is 35.7 Å². The molecule has 1 aliphatic carbocycles. The maximum atomic E-state index is 13.5. The minimum Gasteiger partial charge on any atom is -0.497 e. The van der Waals surface area contributed by atoms with Gasteiger partial charge in [0.05, 0.1) is 19.4 Å². The summed E-state index contributed by atoms with van der Waals surface area (Å²) in [6.07, 6.45) is 1.75. The third kappa shape index (κ3) is 3.20. The van der Waals surface area contributed by atoms with Crippen molar-refractivity contribution in [3.05, 3.63) is 70.5 Å². The summed E-state index contributed by atoms with van der Waals surface area (Å²) in [5.74, 6) is -0.0779. The van der Waals surface area contributed by atoms with E-state index in [2.05, 4.69) is 0 Å². The number of pyridine rings is 1. The predicted octanol–water partition coefficient (Wildman–Crippen LogP) is 3.87. The quantitative estimate of drug-likeness (QED) is 0.488. The highest BCUT2D eigenvalue weighted by molar-refractivity contribution is 6.12. The first-order valence-electron chi connectivity index (χ1n) is 9.61. The van der Waals surface area contributed by atoms with E-state index in [0.29, 0.717) is 52.9 Å². The molecule has 0 saturated heterocycles. The molecular formula is C23H21NO5. The number of hydrogen-bond donors (Lipinski definition) is 0. The van der Waals surface area contributed by atoms with E-state index in [1.54, 1.807) is 60.9 Å². The lowest BCUT2D eigenvalue weighted by Gasteiger charge is -2.21. The lowest BCUT2D eigenvalue weighted by Crippen LogP contribution is -2.21. The molecule has 0 unspecified atom stereocenters. The van der Waals surface area contributed by atoms with Crippen LogP contribution in [0.5, 0.6) is 5.75 Å². The average molecular weight is 391 g/mol. The standard InChI is InChI=1S/C23H21NO5/c1-3-29-23(27)19-12-9-15-13-18-17(5-4-6-20(18)25)21(24(15)19)22(26)14-7-10-16(28-2)11-8-14/h7-13H,3-6H2,1-2H3. The van der Waals surface area contributed by atoms with Gasteiger partial charge in [0.2, 0.25) is 5.78 Å². The van der Waals surface area contributed by atoms with E-state index < -0.39 is 5.97 Å². The molecule has 4 rings (SSSR count). The molecule has 0 radical (unpaired) electrons. The van der Waals surface area contributed by atoms with Gasteiger partial charge in [-0.2, -0.15) is 0 Å². The highest BCUT2D eigenvalue weighted by Gasteiger charge is 2.28. The van der Waals surface area contributed by atoms with Crippen LogP contribution < -0.4 is 4.74 Å². The van der Waals surface area contributed by atoms with Crippen molar-refractivity contribution in [2.45, 2.75) is 26.2 Å². The van der Waals surface area contributed by atoms with Gasteiger partial charge in [0.15, 0.2) is 5.78 Å². The molecule has 2 heterocycles. The Hall–Kier alpha value is -3.41. The van der Waals surface area contributed by atoms with Crippen LogP contribution in [0.3, 0.4) is 0 Å². The topological polar surface area (TPSA) is 74.1 Å². The van der Waals surface area contributed by atoms with E-state index in [1.165, 1.54) is 0 Å². The second-order valence-electron chi connectivity index (χ2n) is 6.92. The van der Waals surface area contributed by atoms with Crippen LogP contribution in [-0.2, 0) is 11.2 Å². The predicted molar refractivity (Wildman–Crippen MR) is 107 cm³/mol. The molecular weight excluding hydrogens is 370 g/mol. The van der Waals surface area contributed by atoms with Crippen molar-refractivity contribution in [1.29, 1.82) is 0 Å². The van der Waals surface area contributed by atoms with Crippen molar-refractivity contribution in [2.75, 3.05) is 13.7 Å². The van der Waals surface area contributed by atoms with Crippen LogP contribution in [0.4, 0.5) is 0 Å². The zero-order valence-corrected chi connectivity index (χ0v) is 16.4. The molecule has 6 heteroatoms. The minimum absolute atomic E-state index is 0.0245. The molecule has 6 nitrogen and oxygen atoms in total. The monoisotopic (exact) mass is 391 g/mol. The fourth-order valence-corrected chi connectivity index (χ4v) is 3.86. The summed E-state index contributed by atoms with van der Waals surface area (Å²) >= 11 is 0. The highest BCUT2D eigenvalue weighted by Crippen LogP contribution is 2.30. The Bertz CT molecular complexity index is 1120. The number of benzene rings is 1. The molecule has 3 aromatic rings. The van der Waals surface area contributed by atoms with Crippen LogP contribution in [0, 0.1) is 0 Å². The average Bonchev–Trinajstić information content (AvgIpc) is 3.16. The molecule has 1 aromatic carbocycles. The molecule has 0 spiro atoms. The molecule has 0 aliphatic heterocycles. The van der Waals surface area contributed by atoms with E-state index in [9.17, 15) is 14.4 Å². The smallest absolute Gasteiger partial charge is 0.355 e. The highest BCUT2D eigenvalue weighted by atomic mass is 16.5. The molecule has 0 fully saturated rings. The first kappa shape index (κ1) is 18.9. The largest absolute Gasteiger partial charge is 0.497 e. The lowest BCUT2D eigenvalue weighted by molar-refractivity contribution is 0.0518. The van der Waals surface area contributed by atoms with Crippen molar-refractivity contribution in [3.8, 4) is 5.75 Å². The molecule has 0 N–H and O–H groups in total. The SMILES string of the molecule is CCOC(=O)c1ccc2cc3c(c(C(=O)c4ccc(OC)cc4)n12)CCCC3=O. The summed E-state index contributed by atoms with van der Waals surface area (Å²) in [6.45, 7) is 1.97. The number of Topliss-reactive ketones (excluding diaryl/α,β-unsaturated/α-hetero) is 1. The summed E-state index contributed by atoms with van der Waals surface area (Å²) in [5, 5.41) is 0. The van der Waals surface area contributed by atoms with Crippen molar-refractivity contribution in [1.82, 2.24) is 4.40 Å². The summed E-state index contributed by atoms with van der Waals surface area (Å²) < 4.78 is 12.0. The Morgan fingerprint density at radius 2 is 1.83 bits per heavy atom. The first-order chi connectivity index (χ1) is 14.0. The molecule has 29 heavy (non-hydrogen) atoms. The van der Waals surface area contributed by atoms with Crippen LogP contribution >= 0.6 is 0 Å². The molecule has 0 amide bonds. The molecule has 2 aromatic heterocycles. The van der Waals surface area contributed by atoms with E-state index in [1.807, 2.05) is 0 Å². The van der Waals surface area contributed by atoms with E-state index >= 15 is 0 Å². The fourth-order valence-electron chi connectivity index (χ4n) is 3.86. The normalized spacial score (nSPS) is 13.2. The molecule has 0 bridgehead atoms. The van der Waals surface area contributed by atoms with Crippen LogP contribution in [0.25, 0.3) is 5.52 Å². The Balaban J connectivity index is 1.98. The molecule has 1 aliphatic rings. The van der Waals surface area contributed by atoms with E-state index in [4.69, 9.17) is 9.47 Å². The number of rotatable bonds is 5. The minimum atomic E-state index is -0.502. The Morgan fingerprint density at radius 3 is 2.52 bits per heavy atom.